The lowest BCUT2D eigenvalue weighted by molar-refractivity contribution is 0.589. The molecule has 1 heterocycles. The summed E-state index contributed by atoms with van der Waals surface area (Å²) in [6.45, 7) is 6.54. The summed E-state index contributed by atoms with van der Waals surface area (Å²) in [5, 5.41) is 0.618. The second kappa shape index (κ2) is 4.88. The number of rotatable bonds is 1. The van der Waals surface area contributed by atoms with Gasteiger partial charge in [0.25, 0.3) is 0 Å². The standard InChI is InChI=1S/C19H18O2/c1-19(2,3)14-10-8-13(9-11-14)18-12-16(20)15-6-4-5-7-17(15)21-18/h4-12H,1-3H3. The lowest BCUT2D eigenvalue weighted by Gasteiger charge is -2.19. The van der Waals surface area contributed by atoms with Gasteiger partial charge in [0.15, 0.2) is 5.43 Å². The minimum absolute atomic E-state index is 0.00764. The quantitative estimate of drug-likeness (QED) is 0.642. The van der Waals surface area contributed by atoms with E-state index >= 15 is 0 Å². The van der Waals surface area contributed by atoms with Gasteiger partial charge in [0.2, 0.25) is 0 Å². The maximum atomic E-state index is 12.1. The maximum absolute atomic E-state index is 12.1. The largest absolute Gasteiger partial charge is 0.456 e. The first-order valence-electron chi connectivity index (χ1n) is 7.09. The molecule has 0 unspecified atom stereocenters. The molecule has 2 nitrogen and oxygen atoms in total. The van der Waals surface area contributed by atoms with Crippen molar-refractivity contribution in [1.82, 2.24) is 0 Å². The van der Waals surface area contributed by atoms with Gasteiger partial charge in [0, 0.05) is 11.6 Å². The SMILES string of the molecule is CC(C)(C)c1ccc(-c2cc(=O)c3ccccc3o2)cc1. The Morgan fingerprint density at radius 2 is 1.57 bits per heavy atom. The zero-order valence-electron chi connectivity index (χ0n) is 12.5. The summed E-state index contributed by atoms with van der Waals surface area (Å²) in [4.78, 5) is 12.1. The molecule has 0 saturated carbocycles. The highest BCUT2D eigenvalue weighted by Gasteiger charge is 2.14. The van der Waals surface area contributed by atoms with Crippen LogP contribution >= 0.6 is 0 Å². The minimum Gasteiger partial charge on any atom is -0.456 e. The van der Waals surface area contributed by atoms with Crippen LogP contribution in [0.5, 0.6) is 0 Å². The summed E-state index contributed by atoms with van der Waals surface area (Å²) < 4.78 is 5.85. The molecule has 1 aromatic heterocycles. The minimum atomic E-state index is -0.00764. The Labute approximate surface area is 124 Å². The van der Waals surface area contributed by atoms with E-state index in [-0.39, 0.29) is 10.8 Å². The van der Waals surface area contributed by atoms with Gasteiger partial charge < -0.3 is 4.42 Å². The van der Waals surface area contributed by atoms with E-state index in [0.717, 1.165) is 5.56 Å². The Kier molecular flexibility index (Phi) is 3.17. The van der Waals surface area contributed by atoms with E-state index in [2.05, 4.69) is 32.9 Å². The molecule has 3 rings (SSSR count). The first kappa shape index (κ1) is 13.6. The molecule has 106 valence electrons. The molecule has 2 heteroatoms. The fourth-order valence-corrected chi connectivity index (χ4v) is 2.38. The average Bonchev–Trinajstić information content (AvgIpc) is 2.46. The summed E-state index contributed by atoms with van der Waals surface area (Å²) in [6, 6.07) is 17.1. The Bertz CT molecular complexity index is 834. The summed E-state index contributed by atoms with van der Waals surface area (Å²) in [5.74, 6) is 0.610. The van der Waals surface area contributed by atoms with Crippen molar-refractivity contribution in [2.45, 2.75) is 26.2 Å². The summed E-state index contributed by atoms with van der Waals surface area (Å²) in [5.41, 5.74) is 2.91. The normalized spacial score (nSPS) is 11.8. The average molecular weight is 278 g/mol. The molecule has 0 fully saturated rings. The van der Waals surface area contributed by atoms with Gasteiger partial charge >= 0.3 is 0 Å². The molecule has 0 saturated heterocycles. The van der Waals surface area contributed by atoms with Crippen molar-refractivity contribution >= 4 is 11.0 Å². The van der Waals surface area contributed by atoms with Crippen molar-refractivity contribution in [3.8, 4) is 11.3 Å². The van der Waals surface area contributed by atoms with Gasteiger partial charge in [0.05, 0.1) is 5.39 Å². The molecular weight excluding hydrogens is 260 g/mol. The maximum Gasteiger partial charge on any atom is 0.193 e. The molecule has 3 aromatic rings. The van der Waals surface area contributed by atoms with Crippen LogP contribution in [-0.2, 0) is 5.41 Å². The first-order valence-corrected chi connectivity index (χ1v) is 7.09. The molecule has 0 amide bonds. The van der Waals surface area contributed by atoms with Crippen LogP contribution in [0.3, 0.4) is 0 Å². The molecule has 0 atom stereocenters. The summed E-state index contributed by atoms with van der Waals surface area (Å²) in [7, 11) is 0. The molecule has 0 spiro atoms. The first-order chi connectivity index (χ1) is 9.95. The fourth-order valence-electron chi connectivity index (χ4n) is 2.38. The molecule has 0 aliphatic carbocycles. The third-order valence-electron chi connectivity index (χ3n) is 3.67. The number of benzene rings is 2. The number of fused-ring (bicyclic) bond motifs is 1. The Balaban J connectivity index is 2.10. The third kappa shape index (κ3) is 2.62. The van der Waals surface area contributed by atoms with Gasteiger partial charge in [-0.1, -0.05) is 57.2 Å². The molecule has 0 N–H and O–H groups in total. The van der Waals surface area contributed by atoms with Gasteiger partial charge in [-0.2, -0.15) is 0 Å². The van der Waals surface area contributed by atoms with E-state index in [1.165, 1.54) is 5.56 Å². The van der Waals surface area contributed by atoms with Crippen LogP contribution in [0, 0.1) is 0 Å². The lowest BCUT2D eigenvalue weighted by Crippen LogP contribution is -2.10. The molecule has 0 aliphatic rings. The lowest BCUT2D eigenvalue weighted by atomic mass is 9.86. The summed E-state index contributed by atoms with van der Waals surface area (Å²) >= 11 is 0. The fraction of sp³-hybridized carbons (Fsp3) is 0.211. The van der Waals surface area contributed by atoms with Crippen LogP contribution in [0.1, 0.15) is 26.3 Å². The van der Waals surface area contributed by atoms with E-state index in [1.54, 1.807) is 12.1 Å². The molecule has 2 aromatic carbocycles. The monoisotopic (exact) mass is 278 g/mol. The highest BCUT2D eigenvalue weighted by molar-refractivity contribution is 5.78. The molecule has 0 aliphatic heterocycles. The van der Waals surface area contributed by atoms with E-state index in [4.69, 9.17) is 4.42 Å². The van der Waals surface area contributed by atoms with Crippen molar-refractivity contribution in [1.29, 1.82) is 0 Å². The van der Waals surface area contributed by atoms with Crippen LogP contribution in [0.4, 0.5) is 0 Å². The Hall–Kier alpha value is -2.35. The van der Waals surface area contributed by atoms with Crippen molar-refractivity contribution in [3.05, 3.63) is 70.4 Å². The van der Waals surface area contributed by atoms with E-state index in [9.17, 15) is 4.79 Å². The summed E-state index contributed by atoms with van der Waals surface area (Å²) in [6.07, 6.45) is 0. The van der Waals surface area contributed by atoms with Crippen LogP contribution in [0.2, 0.25) is 0 Å². The van der Waals surface area contributed by atoms with Gasteiger partial charge in [-0.3, -0.25) is 4.79 Å². The Morgan fingerprint density at radius 1 is 0.905 bits per heavy atom. The van der Waals surface area contributed by atoms with Crippen molar-refractivity contribution in [2.24, 2.45) is 0 Å². The van der Waals surface area contributed by atoms with Crippen LogP contribution in [0.15, 0.2) is 63.8 Å². The predicted octanol–water partition coefficient (Wildman–Crippen LogP) is 4.76. The van der Waals surface area contributed by atoms with Crippen molar-refractivity contribution in [2.75, 3.05) is 0 Å². The second-order valence-electron chi connectivity index (χ2n) is 6.30. The van der Waals surface area contributed by atoms with E-state index < -0.39 is 0 Å². The zero-order chi connectivity index (χ0) is 15.0. The smallest absolute Gasteiger partial charge is 0.193 e. The van der Waals surface area contributed by atoms with Crippen LogP contribution < -0.4 is 5.43 Å². The highest BCUT2D eigenvalue weighted by atomic mass is 16.3. The van der Waals surface area contributed by atoms with Gasteiger partial charge in [-0.05, 0) is 23.1 Å². The third-order valence-corrected chi connectivity index (χ3v) is 3.67. The second-order valence-corrected chi connectivity index (χ2v) is 6.30. The van der Waals surface area contributed by atoms with Gasteiger partial charge in [0.1, 0.15) is 11.3 Å². The molecular formula is C19H18O2. The van der Waals surface area contributed by atoms with Gasteiger partial charge in [-0.25, -0.2) is 0 Å². The van der Waals surface area contributed by atoms with Crippen molar-refractivity contribution in [3.63, 3.8) is 0 Å². The topological polar surface area (TPSA) is 30.2 Å². The van der Waals surface area contributed by atoms with Crippen molar-refractivity contribution < 1.29 is 4.42 Å². The zero-order valence-corrected chi connectivity index (χ0v) is 12.5. The Morgan fingerprint density at radius 3 is 2.24 bits per heavy atom. The molecule has 0 bridgehead atoms. The highest BCUT2D eigenvalue weighted by Crippen LogP contribution is 2.26. The number of hydrogen-bond acceptors (Lipinski definition) is 2. The predicted molar refractivity (Wildman–Crippen MR) is 86.6 cm³/mol. The van der Waals surface area contributed by atoms with Crippen LogP contribution in [-0.4, -0.2) is 0 Å². The van der Waals surface area contributed by atoms with Gasteiger partial charge in [-0.15, -0.1) is 0 Å². The molecule has 0 radical (unpaired) electrons. The van der Waals surface area contributed by atoms with Crippen LogP contribution in [0.25, 0.3) is 22.3 Å². The number of hydrogen-bond donors (Lipinski definition) is 0. The van der Waals surface area contributed by atoms with E-state index in [1.807, 2.05) is 30.3 Å². The molecule has 21 heavy (non-hydrogen) atoms. The number of para-hydroxylation sites is 1. The van der Waals surface area contributed by atoms with E-state index in [0.29, 0.717) is 16.7 Å².